The lowest BCUT2D eigenvalue weighted by Gasteiger charge is -2.17. The molecule has 0 spiro atoms. The topological polar surface area (TPSA) is 91.3 Å². The van der Waals surface area contributed by atoms with Gasteiger partial charge in [-0.25, -0.2) is 9.78 Å². The maximum Gasteiger partial charge on any atom is 0.339 e. The van der Waals surface area contributed by atoms with Crippen LogP contribution < -0.4 is 10.6 Å². The van der Waals surface area contributed by atoms with Crippen LogP contribution in [0.25, 0.3) is 0 Å². The quantitative estimate of drug-likeness (QED) is 0.767. The van der Waals surface area contributed by atoms with Gasteiger partial charge in [0, 0.05) is 16.7 Å². The van der Waals surface area contributed by atoms with Gasteiger partial charge in [-0.3, -0.25) is 4.79 Å². The monoisotopic (exact) mass is 329 g/mol. The third kappa shape index (κ3) is 4.51. The third-order valence-electron chi connectivity index (χ3n) is 2.26. The summed E-state index contributed by atoms with van der Waals surface area (Å²) < 4.78 is 0.565. The minimum Gasteiger partial charge on any atom is -0.478 e. The number of aromatic carboxylic acids is 1. The van der Waals surface area contributed by atoms with Crippen LogP contribution in [0.4, 0.5) is 5.82 Å². The number of nitrogens with one attached hydrogen (secondary N) is 2. The van der Waals surface area contributed by atoms with E-state index in [1.807, 2.05) is 13.8 Å². The Morgan fingerprint density at radius 2 is 2.00 bits per heavy atom. The zero-order chi connectivity index (χ0) is 14.6. The summed E-state index contributed by atoms with van der Waals surface area (Å²) >= 11 is 3.16. The Morgan fingerprint density at radius 3 is 2.53 bits per heavy atom. The number of hydrogen-bond acceptors (Lipinski definition) is 4. The van der Waals surface area contributed by atoms with Crippen molar-refractivity contribution in [1.29, 1.82) is 0 Å². The molecule has 0 bridgehead atoms. The average molecular weight is 330 g/mol. The Bertz CT molecular complexity index is 491. The second kappa shape index (κ2) is 6.51. The molecule has 0 fully saturated rings. The fourth-order valence-electron chi connectivity index (χ4n) is 1.40. The largest absolute Gasteiger partial charge is 0.478 e. The van der Waals surface area contributed by atoms with E-state index >= 15 is 0 Å². The van der Waals surface area contributed by atoms with Crippen molar-refractivity contribution in [3.05, 3.63) is 22.3 Å². The second-order valence-corrected chi connectivity index (χ2v) is 5.30. The highest BCUT2D eigenvalue weighted by atomic mass is 79.9. The van der Waals surface area contributed by atoms with Gasteiger partial charge in [-0.1, -0.05) is 0 Å². The molecule has 0 aromatic carbocycles. The number of carboxylic acids is 1. The van der Waals surface area contributed by atoms with E-state index in [1.165, 1.54) is 12.3 Å². The van der Waals surface area contributed by atoms with E-state index in [1.54, 1.807) is 6.92 Å². The number of anilines is 1. The van der Waals surface area contributed by atoms with E-state index in [0.29, 0.717) is 4.47 Å². The van der Waals surface area contributed by atoms with Crippen LogP contribution in [0.15, 0.2) is 16.7 Å². The number of amides is 1. The predicted molar refractivity (Wildman–Crippen MR) is 75.3 cm³/mol. The Labute approximate surface area is 119 Å². The van der Waals surface area contributed by atoms with Crippen LogP contribution in [-0.4, -0.2) is 34.1 Å². The Hall–Kier alpha value is -1.63. The van der Waals surface area contributed by atoms with Crippen LogP contribution in [0.3, 0.4) is 0 Å². The molecule has 0 aliphatic rings. The number of pyridine rings is 1. The van der Waals surface area contributed by atoms with Crippen molar-refractivity contribution in [3.63, 3.8) is 0 Å². The minimum absolute atomic E-state index is 0.0126. The van der Waals surface area contributed by atoms with Gasteiger partial charge in [-0.2, -0.15) is 0 Å². The van der Waals surface area contributed by atoms with Gasteiger partial charge >= 0.3 is 5.97 Å². The number of carboxylic acid groups (broad SMARTS) is 1. The molecule has 0 radical (unpaired) electrons. The normalized spacial score (nSPS) is 12.1. The first-order valence-electron chi connectivity index (χ1n) is 5.77. The molecule has 6 nitrogen and oxygen atoms in total. The molecule has 104 valence electrons. The van der Waals surface area contributed by atoms with Crippen molar-refractivity contribution in [3.8, 4) is 0 Å². The standard InChI is InChI=1S/C12H16BrN3O3/c1-6(2)15-11(17)7(3)16-10-9(12(18)19)4-8(13)5-14-10/h4-7H,1-3H3,(H,14,16)(H,15,17)(H,18,19). The molecule has 1 rings (SSSR count). The van der Waals surface area contributed by atoms with Crippen LogP contribution in [0.2, 0.25) is 0 Å². The summed E-state index contributed by atoms with van der Waals surface area (Å²) in [6.45, 7) is 5.35. The van der Waals surface area contributed by atoms with E-state index in [-0.39, 0.29) is 23.3 Å². The number of hydrogen-bond donors (Lipinski definition) is 3. The van der Waals surface area contributed by atoms with Gasteiger partial charge < -0.3 is 15.7 Å². The molecule has 0 saturated heterocycles. The van der Waals surface area contributed by atoms with Crippen molar-refractivity contribution >= 4 is 33.6 Å². The molecule has 0 saturated carbocycles. The van der Waals surface area contributed by atoms with E-state index in [4.69, 9.17) is 5.11 Å². The molecule has 1 aromatic heterocycles. The Kier molecular flexibility index (Phi) is 5.29. The molecule has 7 heteroatoms. The highest BCUT2D eigenvalue weighted by Crippen LogP contribution is 2.18. The number of rotatable bonds is 5. The summed E-state index contributed by atoms with van der Waals surface area (Å²) in [4.78, 5) is 26.8. The smallest absolute Gasteiger partial charge is 0.339 e. The van der Waals surface area contributed by atoms with E-state index in [2.05, 4.69) is 31.5 Å². The van der Waals surface area contributed by atoms with Crippen molar-refractivity contribution in [2.45, 2.75) is 32.9 Å². The van der Waals surface area contributed by atoms with Crippen molar-refractivity contribution < 1.29 is 14.7 Å². The zero-order valence-electron chi connectivity index (χ0n) is 10.9. The first-order chi connectivity index (χ1) is 8.81. The number of carbonyl (C=O) groups is 2. The highest BCUT2D eigenvalue weighted by Gasteiger charge is 2.18. The van der Waals surface area contributed by atoms with E-state index in [0.717, 1.165) is 0 Å². The van der Waals surface area contributed by atoms with Crippen LogP contribution in [0.1, 0.15) is 31.1 Å². The van der Waals surface area contributed by atoms with Crippen LogP contribution in [-0.2, 0) is 4.79 Å². The molecular weight excluding hydrogens is 314 g/mol. The molecule has 0 aliphatic heterocycles. The molecule has 0 aliphatic carbocycles. The SMILES string of the molecule is CC(C)NC(=O)C(C)Nc1ncc(Br)cc1C(=O)O. The summed E-state index contributed by atoms with van der Waals surface area (Å²) in [5.74, 6) is -1.15. The number of carbonyl (C=O) groups excluding carboxylic acids is 1. The highest BCUT2D eigenvalue weighted by molar-refractivity contribution is 9.10. The molecule has 1 unspecified atom stereocenters. The maximum atomic E-state index is 11.7. The summed E-state index contributed by atoms with van der Waals surface area (Å²) in [5.41, 5.74) is 0.0126. The van der Waals surface area contributed by atoms with Gasteiger partial charge in [-0.05, 0) is 42.8 Å². The Morgan fingerprint density at radius 1 is 1.37 bits per heavy atom. The van der Waals surface area contributed by atoms with Crippen LogP contribution in [0, 0.1) is 0 Å². The number of nitrogens with zero attached hydrogens (tertiary/aromatic N) is 1. The summed E-state index contributed by atoms with van der Waals surface area (Å²) in [5, 5.41) is 14.6. The van der Waals surface area contributed by atoms with Gasteiger partial charge in [0.1, 0.15) is 17.4 Å². The molecule has 19 heavy (non-hydrogen) atoms. The molecule has 1 heterocycles. The molecule has 1 atom stereocenters. The molecule has 1 amide bonds. The number of halogens is 1. The lowest BCUT2D eigenvalue weighted by atomic mass is 10.2. The maximum absolute atomic E-state index is 11.7. The van der Waals surface area contributed by atoms with Crippen molar-refractivity contribution in [2.24, 2.45) is 0 Å². The first kappa shape index (κ1) is 15.4. The molecule has 3 N–H and O–H groups in total. The summed E-state index contributed by atoms with van der Waals surface area (Å²) in [6.07, 6.45) is 1.47. The second-order valence-electron chi connectivity index (χ2n) is 4.38. The van der Waals surface area contributed by atoms with Gasteiger partial charge in [-0.15, -0.1) is 0 Å². The van der Waals surface area contributed by atoms with E-state index < -0.39 is 12.0 Å². The molecular formula is C12H16BrN3O3. The lowest BCUT2D eigenvalue weighted by molar-refractivity contribution is -0.122. The predicted octanol–water partition coefficient (Wildman–Crippen LogP) is 1.87. The van der Waals surface area contributed by atoms with Crippen molar-refractivity contribution in [2.75, 3.05) is 5.32 Å². The fourth-order valence-corrected chi connectivity index (χ4v) is 1.73. The number of aromatic nitrogens is 1. The molecule has 1 aromatic rings. The van der Waals surface area contributed by atoms with Gasteiger partial charge in [0.25, 0.3) is 0 Å². The Balaban J connectivity index is 2.87. The van der Waals surface area contributed by atoms with Crippen molar-refractivity contribution in [1.82, 2.24) is 10.3 Å². The average Bonchev–Trinajstić information content (AvgIpc) is 2.30. The fraction of sp³-hybridized carbons (Fsp3) is 0.417. The third-order valence-corrected chi connectivity index (χ3v) is 2.70. The van der Waals surface area contributed by atoms with E-state index in [9.17, 15) is 9.59 Å². The lowest BCUT2D eigenvalue weighted by Crippen LogP contribution is -2.41. The summed E-state index contributed by atoms with van der Waals surface area (Å²) in [6, 6.07) is 0.882. The van der Waals surface area contributed by atoms with Gasteiger partial charge in [0.2, 0.25) is 5.91 Å². The van der Waals surface area contributed by atoms with Gasteiger partial charge in [0.05, 0.1) is 0 Å². The minimum atomic E-state index is -1.10. The first-order valence-corrected chi connectivity index (χ1v) is 6.56. The zero-order valence-corrected chi connectivity index (χ0v) is 12.5. The van der Waals surface area contributed by atoms with Crippen LogP contribution >= 0.6 is 15.9 Å². The van der Waals surface area contributed by atoms with Crippen LogP contribution in [0.5, 0.6) is 0 Å². The summed E-state index contributed by atoms with van der Waals surface area (Å²) in [7, 11) is 0. The van der Waals surface area contributed by atoms with Gasteiger partial charge in [0.15, 0.2) is 0 Å².